The minimum atomic E-state index is 0.802. The van der Waals surface area contributed by atoms with Crippen LogP contribution in [0.2, 0.25) is 0 Å². The van der Waals surface area contributed by atoms with Gasteiger partial charge in [-0.2, -0.15) is 0 Å². The van der Waals surface area contributed by atoms with Gasteiger partial charge in [-0.3, -0.25) is 0 Å². The molecule has 0 spiro atoms. The molecule has 1 aliphatic rings. The van der Waals surface area contributed by atoms with Crippen LogP contribution < -0.4 is 5.32 Å². The van der Waals surface area contributed by atoms with Gasteiger partial charge >= 0.3 is 0 Å². The van der Waals surface area contributed by atoms with Crippen LogP contribution in [0.1, 0.15) is 25.7 Å². The lowest BCUT2D eigenvalue weighted by atomic mass is 10.2. The number of aromatic nitrogens is 3. The van der Waals surface area contributed by atoms with E-state index < -0.39 is 0 Å². The molecule has 1 saturated heterocycles. The molecule has 0 unspecified atom stereocenters. The molecule has 0 atom stereocenters. The van der Waals surface area contributed by atoms with Gasteiger partial charge in [0.15, 0.2) is 9.99 Å². The summed E-state index contributed by atoms with van der Waals surface area (Å²) in [5.74, 6) is 0.924. The van der Waals surface area contributed by atoms with Crippen LogP contribution in [0.15, 0.2) is 10.7 Å². The molecule has 1 fully saturated rings. The van der Waals surface area contributed by atoms with Gasteiger partial charge < -0.3 is 10.2 Å². The summed E-state index contributed by atoms with van der Waals surface area (Å²) in [6, 6.07) is 0. The first-order valence-electron chi connectivity index (χ1n) is 7.48. The summed E-state index contributed by atoms with van der Waals surface area (Å²) in [4.78, 5) is 15.7. The first-order chi connectivity index (χ1) is 10.4. The minimum Gasteiger partial charge on any atom is -0.367 e. The number of hydrogen-bond acceptors (Lipinski definition) is 7. The number of anilines is 1. The Hall–Kier alpha value is -0.920. The first kappa shape index (κ1) is 15.0. The third kappa shape index (κ3) is 3.84. The van der Waals surface area contributed by atoms with Crippen molar-refractivity contribution >= 4 is 39.3 Å². The van der Waals surface area contributed by atoms with Gasteiger partial charge in [-0.15, -0.1) is 11.3 Å². The molecule has 2 aromatic heterocycles. The first-order valence-corrected chi connectivity index (χ1v) is 9.52. The Morgan fingerprint density at radius 2 is 2.05 bits per heavy atom. The van der Waals surface area contributed by atoms with Crippen LogP contribution in [-0.2, 0) is 0 Å². The number of likely N-dealkylation sites (tertiary alicyclic amines) is 1. The highest BCUT2D eigenvalue weighted by atomic mass is 32.2. The zero-order valence-corrected chi connectivity index (χ0v) is 14.0. The molecule has 1 N–H and O–H groups in total. The van der Waals surface area contributed by atoms with Gasteiger partial charge in [0, 0.05) is 13.1 Å². The monoisotopic (exact) mass is 323 g/mol. The highest BCUT2D eigenvalue weighted by molar-refractivity contribution is 8.00. The maximum Gasteiger partial charge on any atom is 0.176 e. The number of thiazole rings is 1. The highest BCUT2D eigenvalue weighted by Crippen LogP contribution is 2.30. The molecule has 3 rings (SSSR count). The fourth-order valence-corrected chi connectivity index (χ4v) is 4.12. The summed E-state index contributed by atoms with van der Waals surface area (Å²) in [6.07, 6.45) is 9.08. The van der Waals surface area contributed by atoms with Crippen LogP contribution >= 0.6 is 23.1 Å². The molecular weight excluding hydrogens is 302 g/mol. The zero-order chi connectivity index (χ0) is 14.5. The van der Waals surface area contributed by atoms with Crippen LogP contribution in [0, 0.1) is 0 Å². The molecule has 0 amide bonds. The molecule has 3 heterocycles. The van der Waals surface area contributed by atoms with Crippen molar-refractivity contribution in [3.8, 4) is 0 Å². The van der Waals surface area contributed by atoms with Crippen LogP contribution in [0.5, 0.6) is 0 Å². The molecule has 0 saturated carbocycles. The van der Waals surface area contributed by atoms with E-state index in [-0.39, 0.29) is 0 Å². The molecule has 1 aliphatic heterocycles. The Bertz CT molecular complexity index is 578. The molecule has 7 heteroatoms. The summed E-state index contributed by atoms with van der Waals surface area (Å²) in [5, 5.41) is 3.46. The van der Waals surface area contributed by atoms with Gasteiger partial charge in [-0.1, -0.05) is 24.6 Å². The van der Waals surface area contributed by atoms with Crippen molar-refractivity contribution in [1.29, 1.82) is 0 Å². The van der Waals surface area contributed by atoms with Gasteiger partial charge in [-0.25, -0.2) is 15.0 Å². The largest absolute Gasteiger partial charge is 0.367 e. The second-order valence-corrected chi connectivity index (χ2v) is 7.29. The van der Waals surface area contributed by atoms with Crippen LogP contribution in [0.4, 0.5) is 5.82 Å². The number of fused-ring (bicyclic) bond motifs is 1. The van der Waals surface area contributed by atoms with Crippen molar-refractivity contribution in [2.45, 2.75) is 30.0 Å². The van der Waals surface area contributed by atoms with Crippen molar-refractivity contribution in [2.24, 2.45) is 0 Å². The molecule has 0 radical (unpaired) electrons. The Labute approximate surface area is 133 Å². The standard InChI is InChI=1S/C14H21N5S2/c1-20-14-18-13-11(21-14)12(16-10-17-13)15-6-9-19-7-4-2-3-5-8-19/h10H,2-9H2,1H3,(H,15,16,17). The smallest absolute Gasteiger partial charge is 0.176 e. The third-order valence-corrected chi connectivity index (χ3v) is 5.80. The fourth-order valence-electron chi connectivity index (χ4n) is 2.64. The minimum absolute atomic E-state index is 0.802. The van der Waals surface area contributed by atoms with Gasteiger partial charge in [0.1, 0.15) is 16.8 Å². The molecule has 2 aromatic rings. The van der Waals surface area contributed by atoms with E-state index in [1.165, 1.54) is 38.8 Å². The van der Waals surface area contributed by atoms with E-state index in [0.717, 1.165) is 33.6 Å². The van der Waals surface area contributed by atoms with Crippen molar-refractivity contribution in [1.82, 2.24) is 19.9 Å². The molecule has 114 valence electrons. The highest BCUT2D eigenvalue weighted by Gasteiger charge is 2.11. The van der Waals surface area contributed by atoms with E-state index in [2.05, 4.69) is 25.2 Å². The van der Waals surface area contributed by atoms with Gasteiger partial charge in [0.2, 0.25) is 0 Å². The third-order valence-electron chi connectivity index (χ3n) is 3.77. The molecule has 0 aromatic carbocycles. The van der Waals surface area contributed by atoms with E-state index >= 15 is 0 Å². The Balaban J connectivity index is 1.60. The van der Waals surface area contributed by atoms with Crippen molar-refractivity contribution in [3.63, 3.8) is 0 Å². The van der Waals surface area contributed by atoms with Crippen LogP contribution in [-0.4, -0.2) is 52.3 Å². The maximum atomic E-state index is 4.48. The van der Waals surface area contributed by atoms with E-state index in [0.29, 0.717) is 0 Å². The number of nitrogens with one attached hydrogen (secondary N) is 1. The quantitative estimate of drug-likeness (QED) is 0.853. The lowest BCUT2D eigenvalue weighted by molar-refractivity contribution is 0.296. The lowest BCUT2D eigenvalue weighted by Gasteiger charge is -2.19. The van der Waals surface area contributed by atoms with Gasteiger partial charge in [0.05, 0.1) is 0 Å². The SMILES string of the molecule is CSc1nc2ncnc(NCCN3CCCCCC3)c2s1. The summed E-state index contributed by atoms with van der Waals surface area (Å²) in [5.41, 5.74) is 0.802. The predicted octanol–water partition coefficient (Wildman–Crippen LogP) is 3.10. The Morgan fingerprint density at radius 3 is 2.81 bits per heavy atom. The van der Waals surface area contributed by atoms with Crippen LogP contribution in [0.25, 0.3) is 10.3 Å². The van der Waals surface area contributed by atoms with Crippen molar-refractivity contribution < 1.29 is 0 Å². The average molecular weight is 323 g/mol. The average Bonchev–Trinajstić information content (AvgIpc) is 2.77. The Kier molecular flexibility index (Phi) is 5.27. The van der Waals surface area contributed by atoms with E-state index in [4.69, 9.17) is 0 Å². The molecule has 21 heavy (non-hydrogen) atoms. The van der Waals surface area contributed by atoms with Crippen molar-refractivity contribution in [3.05, 3.63) is 6.33 Å². The van der Waals surface area contributed by atoms with Gasteiger partial charge in [-0.05, 0) is 32.2 Å². The topological polar surface area (TPSA) is 53.9 Å². The molecule has 0 aliphatic carbocycles. The second-order valence-electron chi connectivity index (χ2n) is 5.24. The summed E-state index contributed by atoms with van der Waals surface area (Å²) in [7, 11) is 0. The van der Waals surface area contributed by atoms with Gasteiger partial charge in [0.25, 0.3) is 0 Å². The Morgan fingerprint density at radius 1 is 1.24 bits per heavy atom. The molecule has 0 bridgehead atoms. The number of hydrogen-bond donors (Lipinski definition) is 1. The summed E-state index contributed by atoms with van der Waals surface area (Å²) < 4.78 is 2.11. The van der Waals surface area contributed by atoms with Crippen LogP contribution in [0.3, 0.4) is 0 Å². The lowest BCUT2D eigenvalue weighted by Crippen LogP contribution is -2.30. The van der Waals surface area contributed by atoms with E-state index in [9.17, 15) is 0 Å². The fraction of sp³-hybridized carbons (Fsp3) is 0.643. The van der Waals surface area contributed by atoms with E-state index in [1.54, 1.807) is 29.4 Å². The van der Waals surface area contributed by atoms with E-state index in [1.807, 2.05) is 6.26 Å². The summed E-state index contributed by atoms with van der Waals surface area (Å²) >= 11 is 3.32. The maximum absolute atomic E-state index is 4.48. The normalized spacial score (nSPS) is 17.0. The summed E-state index contributed by atoms with van der Waals surface area (Å²) in [6.45, 7) is 4.48. The zero-order valence-electron chi connectivity index (χ0n) is 12.3. The number of thioether (sulfide) groups is 1. The number of nitrogens with zero attached hydrogens (tertiary/aromatic N) is 4. The predicted molar refractivity (Wildman–Crippen MR) is 90.4 cm³/mol. The number of rotatable bonds is 5. The molecular formula is C14H21N5S2. The molecule has 5 nitrogen and oxygen atoms in total. The van der Waals surface area contributed by atoms with Crippen molar-refractivity contribution in [2.75, 3.05) is 37.8 Å². The second kappa shape index (κ2) is 7.38.